The van der Waals surface area contributed by atoms with Crippen LogP contribution in [0.3, 0.4) is 0 Å². The first-order valence-corrected chi connectivity index (χ1v) is 8.29. The fourth-order valence-corrected chi connectivity index (χ4v) is 4.68. The molecule has 1 N–H and O–H groups in total. The van der Waals surface area contributed by atoms with Gasteiger partial charge >= 0.3 is 0 Å². The van der Waals surface area contributed by atoms with Crippen LogP contribution in [-0.4, -0.2) is 43.8 Å². The van der Waals surface area contributed by atoms with Gasteiger partial charge in [0.05, 0.1) is 9.82 Å². The Morgan fingerprint density at radius 2 is 1.86 bits per heavy atom. The van der Waals surface area contributed by atoms with Gasteiger partial charge in [-0.15, -0.1) is 12.4 Å². The van der Waals surface area contributed by atoms with Crippen molar-refractivity contribution in [2.75, 3.05) is 26.2 Å². The molecule has 0 aliphatic carbocycles. The van der Waals surface area contributed by atoms with Crippen molar-refractivity contribution in [2.24, 2.45) is 11.8 Å². The molecule has 1 aromatic rings. The lowest BCUT2D eigenvalue weighted by atomic mass is 10.0. The van der Waals surface area contributed by atoms with Gasteiger partial charge in [0.25, 0.3) is 5.69 Å². The summed E-state index contributed by atoms with van der Waals surface area (Å²) in [6.45, 7) is 4.25. The first kappa shape index (κ1) is 17.1. The van der Waals surface area contributed by atoms with Crippen molar-refractivity contribution in [3.05, 3.63) is 33.9 Å². The minimum atomic E-state index is -3.65. The molecule has 2 atom stereocenters. The van der Waals surface area contributed by atoms with Crippen LogP contribution in [-0.2, 0) is 10.0 Å². The van der Waals surface area contributed by atoms with Crippen molar-refractivity contribution in [1.82, 2.24) is 9.62 Å². The maximum atomic E-state index is 12.6. The van der Waals surface area contributed by atoms with Gasteiger partial charge in [0.2, 0.25) is 10.0 Å². The molecule has 0 saturated carbocycles. The van der Waals surface area contributed by atoms with Crippen molar-refractivity contribution in [3.63, 3.8) is 0 Å². The molecule has 0 radical (unpaired) electrons. The molecule has 2 heterocycles. The summed E-state index contributed by atoms with van der Waals surface area (Å²) in [5.74, 6) is 0.695. The minimum Gasteiger partial charge on any atom is -0.316 e. The number of halogens is 1. The highest BCUT2D eigenvalue weighted by Crippen LogP contribution is 2.32. The van der Waals surface area contributed by atoms with Crippen LogP contribution in [0.15, 0.2) is 23.1 Å². The third-order valence-corrected chi connectivity index (χ3v) is 6.20. The van der Waals surface area contributed by atoms with Crippen molar-refractivity contribution >= 4 is 28.1 Å². The lowest BCUT2D eigenvalue weighted by molar-refractivity contribution is -0.385. The summed E-state index contributed by atoms with van der Waals surface area (Å²) in [7, 11) is -3.65. The summed E-state index contributed by atoms with van der Waals surface area (Å²) >= 11 is 0. The Hall–Kier alpha value is -1.22. The zero-order valence-electron chi connectivity index (χ0n) is 12.1. The highest BCUT2D eigenvalue weighted by molar-refractivity contribution is 7.89. The van der Waals surface area contributed by atoms with Crippen LogP contribution in [0.4, 0.5) is 5.69 Å². The lowest BCUT2D eigenvalue weighted by Gasteiger charge is -2.17. The lowest BCUT2D eigenvalue weighted by Crippen LogP contribution is -2.32. The number of sulfonamides is 1. The van der Waals surface area contributed by atoms with Gasteiger partial charge in [-0.3, -0.25) is 10.1 Å². The predicted molar refractivity (Wildman–Crippen MR) is 83.7 cm³/mol. The first-order valence-electron chi connectivity index (χ1n) is 6.85. The quantitative estimate of drug-likeness (QED) is 0.654. The van der Waals surface area contributed by atoms with Crippen LogP contribution in [0.1, 0.15) is 5.56 Å². The number of hydrogen-bond acceptors (Lipinski definition) is 5. The summed E-state index contributed by atoms with van der Waals surface area (Å²) in [4.78, 5) is 10.4. The second kappa shape index (κ2) is 6.11. The molecule has 0 aromatic heterocycles. The Balaban J connectivity index is 0.00000176. The van der Waals surface area contributed by atoms with Gasteiger partial charge < -0.3 is 5.32 Å². The number of rotatable bonds is 3. The number of nitro benzene ring substituents is 1. The monoisotopic (exact) mass is 347 g/mol. The van der Waals surface area contributed by atoms with E-state index in [0.717, 1.165) is 19.2 Å². The third kappa shape index (κ3) is 2.83. The first-order chi connectivity index (χ1) is 9.89. The molecular weight excluding hydrogens is 330 g/mol. The van der Waals surface area contributed by atoms with Crippen molar-refractivity contribution in [3.8, 4) is 0 Å². The standard InChI is InChI=1S/C13H17N3O4S.ClH/c1-9-2-3-12(4-13(9)16(17)18)21(19,20)15-7-10-5-14-6-11(10)8-15;/h2-4,10-11,14H,5-8H2,1H3;1H/t10-,11+;. The van der Waals surface area contributed by atoms with Gasteiger partial charge in [0, 0.05) is 24.7 Å². The topological polar surface area (TPSA) is 92.6 Å². The van der Waals surface area contributed by atoms with E-state index in [2.05, 4.69) is 5.32 Å². The summed E-state index contributed by atoms with van der Waals surface area (Å²) in [5, 5.41) is 14.2. The molecule has 2 aliphatic heterocycles. The van der Waals surface area contributed by atoms with Gasteiger partial charge in [0.15, 0.2) is 0 Å². The Labute approximate surface area is 135 Å². The van der Waals surface area contributed by atoms with E-state index in [1.54, 1.807) is 6.92 Å². The predicted octanol–water partition coefficient (Wildman–Crippen LogP) is 1.16. The van der Waals surface area contributed by atoms with E-state index < -0.39 is 14.9 Å². The van der Waals surface area contributed by atoms with Gasteiger partial charge in [-0.25, -0.2) is 8.42 Å². The van der Waals surface area contributed by atoms with Crippen LogP contribution in [0.25, 0.3) is 0 Å². The van der Waals surface area contributed by atoms with Crippen LogP contribution in [0, 0.1) is 28.9 Å². The van der Waals surface area contributed by atoms with Crippen molar-refractivity contribution < 1.29 is 13.3 Å². The van der Waals surface area contributed by atoms with Gasteiger partial charge in [-0.2, -0.15) is 4.31 Å². The second-order valence-corrected chi connectivity index (χ2v) is 7.64. The number of nitrogens with zero attached hydrogens (tertiary/aromatic N) is 2. The highest BCUT2D eigenvalue weighted by atomic mass is 35.5. The van der Waals surface area contributed by atoms with E-state index >= 15 is 0 Å². The van der Waals surface area contributed by atoms with Crippen LogP contribution in [0.2, 0.25) is 0 Å². The molecule has 0 spiro atoms. The summed E-state index contributed by atoms with van der Waals surface area (Å²) in [5.41, 5.74) is 0.304. The maximum absolute atomic E-state index is 12.6. The van der Waals surface area contributed by atoms with E-state index in [1.165, 1.54) is 16.4 Å². The van der Waals surface area contributed by atoms with E-state index in [4.69, 9.17) is 0 Å². The summed E-state index contributed by atoms with van der Waals surface area (Å²) in [6, 6.07) is 4.10. The summed E-state index contributed by atoms with van der Waals surface area (Å²) < 4.78 is 26.7. The molecule has 1 aromatic carbocycles. The number of hydrogen-bond donors (Lipinski definition) is 1. The molecule has 0 bridgehead atoms. The van der Waals surface area contributed by atoms with E-state index in [9.17, 15) is 18.5 Å². The molecule has 3 rings (SSSR count). The minimum absolute atomic E-state index is 0. The highest BCUT2D eigenvalue weighted by Gasteiger charge is 2.41. The zero-order valence-corrected chi connectivity index (χ0v) is 13.7. The molecule has 9 heteroatoms. The number of nitro groups is 1. The molecule has 7 nitrogen and oxygen atoms in total. The average molecular weight is 348 g/mol. The van der Waals surface area contributed by atoms with E-state index in [1.807, 2.05) is 0 Å². The Morgan fingerprint density at radius 3 is 2.41 bits per heavy atom. The molecule has 2 aliphatic rings. The molecule has 22 heavy (non-hydrogen) atoms. The smallest absolute Gasteiger partial charge is 0.273 e. The second-order valence-electron chi connectivity index (χ2n) is 5.71. The number of fused-ring (bicyclic) bond motifs is 1. The van der Waals surface area contributed by atoms with Crippen LogP contribution in [0.5, 0.6) is 0 Å². The van der Waals surface area contributed by atoms with E-state index in [0.29, 0.717) is 30.5 Å². The number of nitrogens with one attached hydrogen (secondary N) is 1. The molecule has 2 fully saturated rings. The van der Waals surface area contributed by atoms with Crippen molar-refractivity contribution in [1.29, 1.82) is 0 Å². The molecule has 2 saturated heterocycles. The molecule has 0 unspecified atom stereocenters. The van der Waals surface area contributed by atoms with Crippen molar-refractivity contribution in [2.45, 2.75) is 11.8 Å². The third-order valence-electron chi connectivity index (χ3n) is 4.37. The van der Waals surface area contributed by atoms with Crippen LogP contribution < -0.4 is 5.32 Å². The SMILES string of the molecule is Cc1ccc(S(=O)(=O)N2C[C@H]3CNC[C@H]3C2)cc1[N+](=O)[O-].Cl. The Morgan fingerprint density at radius 1 is 1.27 bits per heavy atom. The Kier molecular flexibility index (Phi) is 4.76. The fraction of sp³-hybridized carbons (Fsp3) is 0.538. The number of aryl methyl sites for hydroxylation is 1. The largest absolute Gasteiger partial charge is 0.316 e. The molecule has 0 amide bonds. The Bertz CT molecular complexity index is 683. The van der Waals surface area contributed by atoms with Crippen LogP contribution >= 0.6 is 12.4 Å². The fourth-order valence-electron chi connectivity index (χ4n) is 3.10. The van der Waals surface area contributed by atoms with Gasteiger partial charge in [-0.05, 0) is 37.9 Å². The van der Waals surface area contributed by atoms with Gasteiger partial charge in [-0.1, -0.05) is 6.07 Å². The van der Waals surface area contributed by atoms with E-state index in [-0.39, 0.29) is 23.0 Å². The molecular formula is C13H18ClN3O4S. The zero-order chi connectivity index (χ0) is 15.2. The normalized spacial score (nSPS) is 24.8. The number of benzene rings is 1. The average Bonchev–Trinajstić information content (AvgIpc) is 2.99. The molecule has 122 valence electrons. The maximum Gasteiger partial charge on any atom is 0.273 e. The summed E-state index contributed by atoms with van der Waals surface area (Å²) in [6.07, 6.45) is 0. The van der Waals surface area contributed by atoms with Gasteiger partial charge in [0.1, 0.15) is 0 Å².